The Morgan fingerprint density at radius 1 is 0.208 bits per heavy atom. The molecule has 0 fully saturated rings. The molecule has 6 heterocycles. The van der Waals surface area contributed by atoms with E-state index in [-0.39, 0.29) is 0 Å². The third-order valence-corrected chi connectivity index (χ3v) is 20.8. The van der Waals surface area contributed by atoms with Gasteiger partial charge in [0.05, 0.1) is 44.2 Å². The van der Waals surface area contributed by atoms with Crippen LogP contribution in [-0.4, -0.2) is 34.1 Å². The zero-order valence-electron chi connectivity index (χ0n) is 57.0. The molecule has 0 bridgehead atoms. The molecule has 0 N–H and O–H groups in total. The highest BCUT2D eigenvalue weighted by Gasteiger charge is 2.28. The Hall–Kier alpha value is -14.4. The SMILES string of the molecule is c1ccc(-c2ccc(-c3nc(-c4ccccc4)nc(-n4c5ccccc5c5c6oc7cc(-c8cccc(-c9cc(-c%10ccccc%10)nc(-n%10c%11ccccc%11c%11c%12oc%13ccccc%13c%12cc(-c%12ccc(-c%13ccccc%13)cc%12)c%11%10)n9)c8)ccc7c6cc(-c6ccc(-c7ccccc7)cc6)c54)n3)cc2)cc1. The Morgan fingerprint density at radius 2 is 0.557 bits per heavy atom. The second kappa shape index (κ2) is 24.7. The van der Waals surface area contributed by atoms with Gasteiger partial charge in [0.25, 0.3) is 0 Å². The van der Waals surface area contributed by atoms with E-state index < -0.39 is 0 Å². The number of hydrogen-bond donors (Lipinski definition) is 0. The highest BCUT2D eigenvalue weighted by Crippen LogP contribution is 2.49. The molecular weight excluding hydrogens is 1300 g/mol. The molecule has 0 unspecified atom stereocenters. The van der Waals surface area contributed by atoms with Crippen LogP contribution >= 0.6 is 0 Å². The summed E-state index contributed by atoms with van der Waals surface area (Å²) in [6.07, 6.45) is 0. The number of aromatic nitrogens is 7. The normalized spacial score (nSPS) is 11.8. The van der Waals surface area contributed by atoms with Gasteiger partial charge in [-0.2, -0.15) is 9.97 Å². The molecule has 9 heteroatoms. The highest BCUT2D eigenvalue weighted by molar-refractivity contribution is 6.29. The van der Waals surface area contributed by atoms with E-state index >= 15 is 0 Å². The summed E-state index contributed by atoms with van der Waals surface area (Å²) >= 11 is 0. The zero-order valence-corrected chi connectivity index (χ0v) is 57.0. The van der Waals surface area contributed by atoms with Crippen LogP contribution in [0.25, 0.3) is 211 Å². The number of rotatable bonds is 12. The van der Waals surface area contributed by atoms with Crippen molar-refractivity contribution in [2.75, 3.05) is 0 Å². The molecule has 0 spiro atoms. The average Bonchev–Trinajstić information content (AvgIpc) is 1.55. The molecule has 21 aromatic rings. The van der Waals surface area contributed by atoms with Crippen LogP contribution in [0.15, 0.2) is 367 Å². The van der Waals surface area contributed by atoms with Gasteiger partial charge in [-0.3, -0.25) is 9.13 Å². The van der Waals surface area contributed by atoms with E-state index in [4.69, 9.17) is 33.8 Å². The van der Waals surface area contributed by atoms with Crippen LogP contribution in [0.5, 0.6) is 0 Å². The van der Waals surface area contributed by atoms with Crippen molar-refractivity contribution in [1.82, 2.24) is 34.1 Å². The minimum atomic E-state index is 0.488. The van der Waals surface area contributed by atoms with Gasteiger partial charge in [-0.25, -0.2) is 15.0 Å². The number of benzene rings is 15. The second-order valence-corrected chi connectivity index (χ2v) is 27.0. The molecule has 0 aliphatic heterocycles. The Balaban J connectivity index is 0.740. The van der Waals surface area contributed by atoms with Gasteiger partial charge >= 0.3 is 0 Å². The lowest BCUT2D eigenvalue weighted by atomic mass is 9.96. The third-order valence-electron chi connectivity index (χ3n) is 20.8. The lowest BCUT2D eigenvalue weighted by molar-refractivity contribution is 0.672. The van der Waals surface area contributed by atoms with Crippen molar-refractivity contribution in [1.29, 1.82) is 0 Å². The van der Waals surface area contributed by atoms with Gasteiger partial charge in [0.15, 0.2) is 11.6 Å². The first-order valence-corrected chi connectivity index (χ1v) is 35.7. The fourth-order valence-corrected chi connectivity index (χ4v) is 15.7. The van der Waals surface area contributed by atoms with Crippen LogP contribution < -0.4 is 0 Å². The Kier molecular flexibility index (Phi) is 14.1. The van der Waals surface area contributed by atoms with E-state index in [0.717, 1.165) is 188 Å². The first-order valence-electron chi connectivity index (χ1n) is 35.7. The van der Waals surface area contributed by atoms with Crippen LogP contribution in [0.2, 0.25) is 0 Å². The van der Waals surface area contributed by atoms with Crippen molar-refractivity contribution >= 4 is 87.5 Å². The van der Waals surface area contributed by atoms with Crippen molar-refractivity contribution in [2.45, 2.75) is 0 Å². The summed E-state index contributed by atoms with van der Waals surface area (Å²) in [5.74, 6) is 2.15. The maximum atomic E-state index is 7.41. The summed E-state index contributed by atoms with van der Waals surface area (Å²) < 4.78 is 18.8. The van der Waals surface area contributed by atoms with E-state index in [2.05, 4.69) is 331 Å². The Bertz CT molecular complexity index is 7010. The van der Waals surface area contributed by atoms with Crippen molar-refractivity contribution in [3.8, 4) is 124 Å². The molecule has 106 heavy (non-hydrogen) atoms. The van der Waals surface area contributed by atoms with E-state index in [1.807, 2.05) is 36.4 Å². The van der Waals surface area contributed by atoms with Gasteiger partial charge in [-0.15, -0.1) is 0 Å². The number of furan rings is 2. The van der Waals surface area contributed by atoms with Gasteiger partial charge in [0.1, 0.15) is 22.3 Å². The third kappa shape index (κ3) is 10.1. The monoisotopic (exact) mass is 1350 g/mol. The van der Waals surface area contributed by atoms with E-state index in [9.17, 15) is 0 Å². The summed E-state index contributed by atoms with van der Waals surface area (Å²) in [5.41, 5.74) is 25.1. The molecule has 0 saturated heterocycles. The van der Waals surface area contributed by atoms with Crippen molar-refractivity contribution in [3.05, 3.63) is 358 Å². The Morgan fingerprint density at radius 3 is 1.08 bits per heavy atom. The van der Waals surface area contributed by atoms with Crippen LogP contribution in [0.3, 0.4) is 0 Å². The summed E-state index contributed by atoms with van der Waals surface area (Å²) in [6.45, 7) is 0. The summed E-state index contributed by atoms with van der Waals surface area (Å²) in [7, 11) is 0. The van der Waals surface area contributed by atoms with E-state index in [1.165, 1.54) is 0 Å². The molecule has 21 rings (SSSR count). The first-order chi connectivity index (χ1) is 52.5. The summed E-state index contributed by atoms with van der Waals surface area (Å²) in [4.78, 5) is 27.3. The predicted molar refractivity (Wildman–Crippen MR) is 433 cm³/mol. The standard InChI is InChI=1S/C97H59N7O2/c1-6-23-60(24-7-1)63-41-47-66(48-42-63)78-57-80-74-35-18-21-40-86(74)105-92(80)88-76-36-16-19-38-84(76)103(90(78)88)96-98-82(68-29-12-4-13-30-68)59-83(99-96)73-34-22-33-71(55-73)72-53-54-75-81-58-79(67-49-43-64(44-50-67)61-25-8-2-9-26-61)91-89(93(81)106-87(75)56-72)77-37-17-20-39-85(77)104(91)97-101-94(69-31-14-5-15-32-69)100-95(102-97)70-51-45-65(46-52-70)62-27-10-3-11-28-62/h1-59H. The zero-order chi connectivity index (χ0) is 69.8. The Labute approximate surface area is 608 Å². The molecule has 15 aromatic carbocycles. The second-order valence-electron chi connectivity index (χ2n) is 27.0. The summed E-state index contributed by atoms with van der Waals surface area (Å²) in [6, 6.07) is 126. The molecule has 0 aliphatic carbocycles. The van der Waals surface area contributed by atoms with Crippen molar-refractivity contribution in [2.24, 2.45) is 0 Å². The lowest BCUT2D eigenvalue weighted by Gasteiger charge is -2.14. The number of para-hydroxylation sites is 3. The van der Waals surface area contributed by atoms with Crippen LogP contribution in [-0.2, 0) is 0 Å². The van der Waals surface area contributed by atoms with Gasteiger partial charge in [-0.05, 0) is 110 Å². The minimum Gasteiger partial charge on any atom is -0.455 e. The van der Waals surface area contributed by atoms with Crippen molar-refractivity contribution in [3.63, 3.8) is 0 Å². The predicted octanol–water partition coefficient (Wildman–Crippen LogP) is 25.3. The minimum absolute atomic E-state index is 0.488. The van der Waals surface area contributed by atoms with E-state index in [1.54, 1.807) is 0 Å². The number of fused-ring (bicyclic) bond motifs is 14. The molecule has 494 valence electrons. The van der Waals surface area contributed by atoms with E-state index in [0.29, 0.717) is 23.5 Å². The molecule has 0 amide bonds. The highest BCUT2D eigenvalue weighted by atomic mass is 16.3. The molecule has 0 radical (unpaired) electrons. The van der Waals surface area contributed by atoms with Gasteiger partial charge in [0, 0.05) is 65.7 Å². The molecule has 9 nitrogen and oxygen atoms in total. The molecule has 0 saturated carbocycles. The van der Waals surface area contributed by atoms with Crippen LogP contribution in [0, 0.1) is 0 Å². The molecular formula is C97H59N7O2. The fourth-order valence-electron chi connectivity index (χ4n) is 15.7. The first kappa shape index (κ1) is 60.4. The topological polar surface area (TPSA) is 101 Å². The van der Waals surface area contributed by atoms with Crippen molar-refractivity contribution < 1.29 is 8.83 Å². The largest absolute Gasteiger partial charge is 0.455 e. The summed E-state index contributed by atoms with van der Waals surface area (Å²) in [5, 5.41) is 8.10. The van der Waals surface area contributed by atoms with Gasteiger partial charge in [-0.1, -0.05) is 303 Å². The molecule has 6 aromatic heterocycles. The molecule has 0 aliphatic rings. The maximum Gasteiger partial charge on any atom is 0.238 e. The maximum absolute atomic E-state index is 7.41. The lowest BCUT2D eigenvalue weighted by Crippen LogP contribution is -2.07. The molecule has 0 atom stereocenters. The smallest absolute Gasteiger partial charge is 0.238 e. The van der Waals surface area contributed by atoms with Crippen LogP contribution in [0.1, 0.15) is 0 Å². The number of nitrogens with zero attached hydrogens (tertiary/aromatic N) is 7. The van der Waals surface area contributed by atoms with Crippen LogP contribution in [0.4, 0.5) is 0 Å². The number of hydrogen-bond acceptors (Lipinski definition) is 7. The van der Waals surface area contributed by atoms with Gasteiger partial charge < -0.3 is 8.83 Å². The fraction of sp³-hybridized carbons (Fsp3) is 0. The van der Waals surface area contributed by atoms with Gasteiger partial charge in [0.2, 0.25) is 11.9 Å². The quantitative estimate of drug-likeness (QED) is 0.120. The average molecular weight is 1350 g/mol.